The van der Waals surface area contributed by atoms with E-state index in [0.29, 0.717) is 6.54 Å². The fraction of sp³-hybridized carbons (Fsp3) is 0.417. The first-order chi connectivity index (χ1) is 7.65. The Morgan fingerprint density at radius 1 is 1.56 bits per heavy atom. The Balaban J connectivity index is 2.37. The minimum absolute atomic E-state index is 0.0352. The Hall–Kier alpha value is -1.55. The molecule has 4 nitrogen and oxygen atoms in total. The predicted octanol–water partition coefficient (Wildman–Crippen LogP) is 0.931. The summed E-state index contributed by atoms with van der Waals surface area (Å²) in [5.74, 6) is 0.810. The van der Waals surface area contributed by atoms with Crippen LogP contribution in [0.4, 0.5) is 5.69 Å². The number of amides is 1. The molecule has 1 aromatic rings. The number of fused-ring (bicyclic) bond motifs is 1. The summed E-state index contributed by atoms with van der Waals surface area (Å²) < 4.78 is 5.28. The Bertz CT molecular complexity index is 415. The van der Waals surface area contributed by atoms with Gasteiger partial charge in [0.05, 0.1) is 18.8 Å². The number of nitrogens with two attached hydrogens (primary N) is 1. The normalized spacial score (nSPS) is 15.8. The third-order valence-corrected chi connectivity index (χ3v) is 2.86. The van der Waals surface area contributed by atoms with E-state index in [1.165, 1.54) is 0 Å². The lowest BCUT2D eigenvalue weighted by atomic mass is 10.1. The molecule has 1 heterocycles. The van der Waals surface area contributed by atoms with Crippen molar-refractivity contribution in [3.8, 4) is 5.75 Å². The van der Waals surface area contributed by atoms with Crippen molar-refractivity contribution in [1.82, 2.24) is 0 Å². The van der Waals surface area contributed by atoms with E-state index in [1.54, 1.807) is 18.9 Å². The summed E-state index contributed by atoms with van der Waals surface area (Å²) >= 11 is 0. The number of hydrogen-bond donors (Lipinski definition) is 1. The number of hydrogen-bond acceptors (Lipinski definition) is 3. The minimum Gasteiger partial charge on any atom is -0.496 e. The molecule has 2 N–H and O–H groups in total. The quantitative estimate of drug-likeness (QED) is 0.806. The summed E-state index contributed by atoms with van der Waals surface area (Å²) in [6.45, 7) is 2.40. The van der Waals surface area contributed by atoms with Crippen LogP contribution in [0.25, 0.3) is 0 Å². The molecule has 0 fully saturated rings. The van der Waals surface area contributed by atoms with E-state index >= 15 is 0 Å². The maximum absolute atomic E-state index is 11.9. The van der Waals surface area contributed by atoms with Crippen LogP contribution in [0.2, 0.25) is 0 Å². The second kappa shape index (κ2) is 4.14. The number of methoxy groups -OCH3 is 1. The van der Waals surface area contributed by atoms with Gasteiger partial charge in [0.1, 0.15) is 5.75 Å². The molecule has 1 aliphatic rings. The lowest BCUT2D eigenvalue weighted by Crippen LogP contribution is -2.41. The average Bonchev–Trinajstić information content (AvgIpc) is 2.71. The molecular formula is C12H16N2O2. The molecule has 0 saturated heterocycles. The monoisotopic (exact) mass is 220 g/mol. The molecule has 0 radical (unpaired) electrons. The molecule has 1 unspecified atom stereocenters. The zero-order chi connectivity index (χ0) is 11.7. The van der Waals surface area contributed by atoms with Crippen molar-refractivity contribution in [2.75, 3.05) is 18.6 Å². The van der Waals surface area contributed by atoms with Crippen molar-refractivity contribution in [2.45, 2.75) is 19.4 Å². The van der Waals surface area contributed by atoms with Crippen LogP contribution in [0.1, 0.15) is 12.5 Å². The lowest BCUT2D eigenvalue weighted by molar-refractivity contribution is -0.119. The first-order valence-electron chi connectivity index (χ1n) is 5.38. The fourth-order valence-corrected chi connectivity index (χ4v) is 2.07. The van der Waals surface area contributed by atoms with Crippen LogP contribution in [0.3, 0.4) is 0 Å². The third-order valence-electron chi connectivity index (χ3n) is 2.86. The smallest absolute Gasteiger partial charge is 0.243 e. The average molecular weight is 220 g/mol. The first kappa shape index (κ1) is 11.0. The van der Waals surface area contributed by atoms with Gasteiger partial charge in [-0.3, -0.25) is 4.79 Å². The summed E-state index contributed by atoms with van der Waals surface area (Å²) in [5, 5.41) is 0. The fourth-order valence-electron chi connectivity index (χ4n) is 2.07. The molecule has 0 spiro atoms. The van der Waals surface area contributed by atoms with Crippen molar-refractivity contribution in [2.24, 2.45) is 5.73 Å². The predicted molar refractivity (Wildman–Crippen MR) is 62.7 cm³/mol. The van der Waals surface area contributed by atoms with E-state index in [1.807, 2.05) is 18.2 Å². The highest BCUT2D eigenvalue weighted by molar-refractivity contribution is 5.99. The minimum atomic E-state index is -0.461. The highest BCUT2D eigenvalue weighted by Gasteiger charge is 2.28. The lowest BCUT2D eigenvalue weighted by Gasteiger charge is -2.19. The number of ether oxygens (including phenoxy) is 1. The van der Waals surface area contributed by atoms with Crippen molar-refractivity contribution in [1.29, 1.82) is 0 Å². The Kier molecular flexibility index (Phi) is 2.83. The van der Waals surface area contributed by atoms with Gasteiger partial charge in [-0.2, -0.15) is 0 Å². The van der Waals surface area contributed by atoms with Gasteiger partial charge < -0.3 is 15.4 Å². The number of rotatable bonds is 2. The second-order valence-corrected chi connectivity index (χ2v) is 3.99. The van der Waals surface area contributed by atoms with Crippen LogP contribution >= 0.6 is 0 Å². The van der Waals surface area contributed by atoms with Crippen molar-refractivity contribution < 1.29 is 9.53 Å². The van der Waals surface area contributed by atoms with E-state index in [4.69, 9.17) is 10.5 Å². The second-order valence-electron chi connectivity index (χ2n) is 3.99. The van der Waals surface area contributed by atoms with E-state index in [2.05, 4.69) is 0 Å². The topological polar surface area (TPSA) is 55.6 Å². The van der Waals surface area contributed by atoms with Gasteiger partial charge in [0.2, 0.25) is 5.91 Å². The van der Waals surface area contributed by atoms with E-state index < -0.39 is 6.04 Å². The van der Waals surface area contributed by atoms with Gasteiger partial charge in [-0.1, -0.05) is 6.07 Å². The van der Waals surface area contributed by atoms with Gasteiger partial charge in [-0.05, 0) is 25.5 Å². The van der Waals surface area contributed by atoms with E-state index in [9.17, 15) is 4.79 Å². The maximum atomic E-state index is 11.9. The SMILES string of the molecule is COc1cccc2c1CCN2C(=O)C(C)N. The maximum Gasteiger partial charge on any atom is 0.243 e. The molecule has 0 aliphatic carbocycles. The van der Waals surface area contributed by atoms with Crippen LogP contribution in [0.5, 0.6) is 5.75 Å². The number of carbonyl (C=O) groups excluding carboxylic acids is 1. The molecule has 0 bridgehead atoms. The Morgan fingerprint density at radius 3 is 2.94 bits per heavy atom. The van der Waals surface area contributed by atoms with Crippen LogP contribution in [-0.2, 0) is 11.2 Å². The molecule has 0 aromatic heterocycles. The zero-order valence-electron chi connectivity index (χ0n) is 9.56. The molecule has 1 aromatic carbocycles. The van der Waals surface area contributed by atoms with Gasteiger partial charge >= 0.3 is 0 Å². The summed E-state index contributed by atoms with van der Waals surface area (Å²) in [5.41, 5.74) is 7.65. The first-order valence-corrected chi connectivity index (χ1v) is 5.38. The van der Waals surface area contributed by atoms with E-state index in [-0.39, 0.29) is 5.91 Å². The molecule has 1 aliphatic heterocycles. The summed E-state index contributed by atoms with van der Waals surface area (Å²) in [7, 11) is 1.64. The van der Waals surface area contributed by atoms with Gasteiger partial charge in [-0.15, -0.1) is 0 Å². The van der Waals surface area contributed by atoms with Crippen molar-refractivity contribution >= 4 is 11.6 Å². The Labute approximate surface area is 95.0 Å². The summed E-state index contributed by atoms with van der Waals surface area (Å²) in [6, 6.07) is 5.28. The molecule has 0 saturated carbocycles. The highest BCUT2D eigenvalue weighted by atomic mass is 16.5. The number of carbonyl (C=O) groups is 1. The molecular weight excluding hydrogens is 204 g/mol. The van der Waals surface area contributed by atoms with Gasteiger partial charge in [0.15, 0.2) is 0 Å². The summed E-state index contributed by atoms with van der Waals surface area (Å²) in [6.07, 6.45) is 0.831. The standard InChI is InChI=1S/C12H16N2O2/c1-8(13)12(15)14-7-6-9-10(14)4-3-5-11(9)16-2/h3-5,8H,6-7,13H2,1-2H3. The third kappa shape index (κ3) is 1.65. The molecule has 16 heavy (non-hydrogen) atoms. The zero-order valence-corrected chi connectivity index (χ0v) is 9.56. The van der Waals surface area contributed by atoms with Crippen LogP contribution in [-0.4, -0.2) is 25.6 Å². The Morgan fingerprint density at radius 2 is 2.31 bits per heavy atom. The van der Waals surface area contributed by atoms with E-state index in [0.717, 1.165) is 23.4 Å². The summed E-state index contributed by atoms with van der Waals surface area (Å²) in [4.78, 5) is 13.6. The molecule has 86 valence electrons. The number of benzene rings is 1. The number of nitrogens with zero attached hydrogens (tertiary/aromatic N) is 1. The molecule has 4 heteroatoms. The van der Waals surface area contributed by atoms with Gasteiger partial charge in [0.25, 0.3) is 0 Å². The number of anilines is 1. The van der Waals surface area contributed by atoms with Crippen LogP contribution in [0, 0.1) is 0 Å². The largest absolute Gasteiger partial charge is 0.496 e. The van der Waals surface area contributed by atoms with Gasteiger partial charge in [-0.25, -0.2) is 0 Å². The molecule has 1 atom stereocenters. The molecule has 2 rings (SSSR count). The molecule has 1 amide bonds. The van der Waals surface area contributed by atoms with Crippen molar-refractivity contribution in [3.05, 3.63) is 23.8 Å². The highest BCUT2D eigenvalue weighted by Crippen LogP contribution is 2.34. The van der Waals surface area contributed by atoms with Crippen LogP contribution < -0.4 is 15.4 Å². The van der Waals surface area contributed by atoms with Crippen molar-refractivity contribution in [3.63, 3.8) is 0 Å². The van der Waals surface area contributed by atoms with Crippen LogP contribution in [0.15, 0.2) is 18.2 Å². The van der Waals surface area contributed by atoms with Gasteiger partial charge in [0, 0.05) is 12.1 Å².